The number of carbonyl (C=O) groups excluding carboxylic acids is 1. The number of aldehydes is 1. The van der Waals surface area contributed by atoms with Crippen LogP contribution in [-0.2, 0) is 0 Å². The second kappa shape index (κ2) is 7.75. The van der Waals surface area contributed by atoms with E-state index in [4.69, 9.17) is 0 Å². The molecule has 0 saturated carbocycles. The van der Waals surface area contributed by atoms with Crippen molar-refractivity contribution < 1.29 is 14.7 Å². The molecule has 2 aromatic rings. The van der Waals surface area contributed by atoms with Crippen LogP contribution in [0.1, 0.15) is 78.3 Å². The summed E-state index contributed by atoms with van der Waals surface area (Å²) >= 11 is 0. The predicted octanol–water partition coefficient (Wildman–Crippen LogP) is 5.23. The number of carboxylic acids is 1. The minimum Gasteiger partial charge on any atom is -0.478 e. The Kier molecular flexibility index (Phi) is 5.68. The van der Waals surface area contributed by atoms with E-state index in [-0.39, 0.29) is 17.0 Å². The minimum atomic E-state index is -0.912. The summed E-state index contributed by atoms with van der Waals surface area (Å²) in [5, 5.41) is 9.27. The first-order valence-electron chi connectivity index (χ1n) is 10.2. The van der Waals surface area contributed by atoms with Crippen molar-refractivity contribution in [2.75, 3.05) is 7.05 Å². The lowest BCUT2D eigenvalue weighted by atomic mass is 9.66. The van der Waals surface area contributed by atoms with Gasteiger partial charge in [-0.05, 0) is 76.8 Å². The lowest BCUT2D eigenvalue weighted by Crippen LogP contribution is -2.59. The van der Waals surface area contributed by atoms with Gasteiger partial charge in [0.1, 0.15) is 6.29 Å². The van der Waals surface area contributed by atoms with Gasteiger partial charge in [0.25, 0.3) is 0 Å². The van der Waals surface area contributed by atoms with E-state index in [0.29, 0.717) is 17.0 Å². The molecule has 4 nitrogen and oxygen atoms in total. The number of aromatic carboxylic acids is 1. The molecule has 0 aromatic heterocycles. The van der Waals surface area contributed by atoms with Gasteiger partial charge in [0, 0.05) is 22.6 Å². The lowest BCUT2D eigenvalue weighted by Gasteiger charge is -2.55. The summed E-state index contributed by atoms with van der Waals surface area (Å²) < 4.78 is 0. The highest BCUT2D eigenvalue weighted by molar-refractivity contribution is 5.87. The van der Waals surface area contributed by atoms with Crippen molar-refractivity contribution in [3.8, 4) is 0 Å². The summed E-state index contributed by atoms with van der Waals surface area (Å²) in [6, 6.07) is 15.1. The van der Waals surface area contributed by atoms with E-state index in [1.807, 2.05) is 36.4 Å². The van der Waals surface area contributed by atoms with E-state index in [2.05, 4.69) is 39.6 Å². The molecule has 154 valence electrons. The number of piperidine rings is 1. The van der Waals surface area contributed by atoms with Gasteiger partial charge in [-0.15, -0.1) is 0 Å². The molecular formula is C25H31NO3. The Bertz CT molecular complexity index is 863. The number of rotatable bonds is 5. The topological polar surface area (TPSA) is 57.6 Å². The van der Waals surface area contributed by atoms with Crippen molar-refractivity contribution in [3.63, 3.8) is 0 Å². The summed E-state index contributed by atoms with van der Waals surface area (Å²) in [6.07, 6.45) is 2.93. The zero-order valence-corrected chi connectivity index (χ0v) is 18.0. The van der Waals surface area contributed by atoms with Crippen molar-refractivity contribution in [2.24, 2.45) is 5.92 Å². The predicted molar refractivity (Wildman–Crippen MR) is 116 cm³/mol. The third kappa shape index (κ3) is 4.27. The molecule has 1 aliphatic heterocycles. The van der Waals surface area contributed by atoms with Crippen LogP contribution in [0, 0.1) is 5.92 Å². The van der Waals surface area contributed by atoms with E-state index in [0.717, 1.165) is 24.7 Å². The van der Waals surface area contributed by atoms with E-state index >= 15 is 0 Å². The monoisotopic (exact) mass is 393 g/mol. The fourth-order valence-electron chi connectivity index (χ4n) is 5.04. The Morgan fingerprint density at radius 2 is 1.41 bits per heavy atom. The molecule has 29 heavy (non-hydrogen) atoms. The molecule has 1 aliphatic rings. The molecule has 0 bridgehead atoms. The number of nitrogens with zero attached hydrogens (tertiary/aromatic N) is 1. The number of hydrogen-bond acceptors (Lipinski definition) is 3. The van der Waals surface area contributed by atoms with Crippen LogP contribution in [0.4, 0.5) is 0 Å². The molecule has 1 heterocycles. The summed E-state index contributed by atoms with van der Waals surface area (Å²) in [6.45, 7) is 9.17. The molecule has 0 aliphatic carbocycles. The summed E-state index contributed by atoms with van der Waals surface area (Å²) in [4.78, 5) is 24.9. The second-order valence-corrected chi connectivity index (χ2v) is 9.54. The van der Waals surface area contributed by atoms with Crippen LogP contribution in [0.2, 0.25) is 0 Å². The molecule has 3 rings (SSSR count). The molecular weight excluding hydrogens is 362 g/mol. The Morgan fingerprint density at radius 3 is 1.83 bits per heavy atom. The molecule has 2 aromatic carbocycles. The largest absolute Gasteiger partial charge is 0.478 e. The Hall–Kier alpha value is -2.46. The van der Waals surface area contributed by atoms with Crippen molar-refractivity contribution in [1.82, 2.24) is 4.90 Å². The van der Waals surface area contributed by atoms with Crippen LogP contribution in [0.5, 0.6) is 0 Å². The molecule has 0 spiro atoms. The molecule has 1 atom stereocenters. The smallest absolute Gasteiger partial charge is 0.335 e. The van der Waals surface area contributed by atoms with Gasteiger partial charge in [-0.2, -0.15) is 0 Å². The Balaban J connectivity index is 2.07. The van der Waals surface area contributed by atoms with Gasteiger partial charge in [-0.3, -0.25) is 9.69 Å². The fraction of sp³-hybridized carbons (Fsp3) is 0.440. The van der Waals surface area contributed by atoms with Crippen molar-refractivity contribution in [1.29, 1.82) is 0 Å². The third-order valence-corrected chi connectivity index (χ3v) is 6.76. The number of likely N-dealkylation sites (tertiary alicyclic amines) is 1. The first-order valence-corrected chi connectivity index (χ1v) is 10.2. The maximum Gasteiger partial charge on any atom is 0.335 e. The van der Waals surface area contributed by atoms with Gasteiger partial charge in [-0.1, -0.05) is 36.4 Å². The molecule has 0 amide bonds. The summed E-state index contributed by atoms with van der Waals surface area (Å²) in [7, 11) is 2.20. The van der Waals surface area contributed by atoms with E-state index in [9.17, 15) is 14.7 Å². The van der Waals surface area contributed by atoms with Gasteiger partial charge in [-0.25, -0.2) is 4.79 Å². The van der Waals surface area contributed by atoms with E-state index < -0.39 is 5.97 Å². The summed E-state index contributed by atoms with van der Waals surface area (Å²) in [5.41, 5.74) is 3.35. The molecule has 0 radical (unpaired) electrons. The van der Waals surface area contributed by atoms with E-state index in [1.54, 1.807) is 12.1 Å². The number of benzene rings is 2. The van der Waals surface area contributed by atoms with Crippen molar-refractivity contribution in [2.45, 2.75) is 57.5 Å². The van der Waals surface area contributed by atoms with Gasteiger partial charge in [0.15, 0.2) is 0 Å². The van der Waals surface area contributed by atoms with Crippen LogP contribution < -0.4 is 0 Å². The fourth-order valence-corrected chi connectivity index (χ4v) is 5.04. The standard InChI is InChI=1S/C25H31NO3/c1-24(2)14-21(15-25(3,4)26(24)5)22(18-8-6-17(16-27)7-9-18)19-10-12-20(13-11-19)23(28)29/h6-13,16,21-22H,14-15H2,1-5H3,(H,28,29). The van der Waals surface area contributed by atoms with Gasteiger partial charge < -0.3 is 5.11 Å². The first kappa shape index (κ1) is 21.3. The van der Waals surface area contributed by atoms with Crippen LogP contribution in [0.3, 0.4) is 0 Å². The SMILES string of the molecule is CN1C(C)(C)CC(C(c2ccc(C=O)cc2)c2ccc(C(=O)O)cc2)CC1(C)C. The Labute approximate surface area is 173 Å². The third-order valence-electron chi connectivity index (χ3n) is 6.76. The molecule has 1 fully saturated rings. The van der Waals surface area contributed by atoms with Crippen LogP contribution in [0.15, 0.2) is 48.5 Å². The maximum absolute atomic E-state index is 11.3. The van der Waals surface area contributed by atoms with Crippen LogP contribution in [-0.4, -0.2) is 40.4 Å². The normalized spacial score (nSPS) is 20.2. The summed E-state index contributed by atoms with van der Waals surface area (Å²) in [5.74, 6) is -0.371. The highest BCUT2D eigenvalue weighted by Gasteiger charge is 2.45. The molecule has 1 N–H and O–H groups in total. The van der Waals surface area contributed by atoms with E-state index in [1.165, 1.54) is 5.56 Å². The van der Waals surface area contributed by atoms with Gasteiger partial charge in [0.05, 0.1) is 5.56 Å². The maximum atomic E-state index is 11.3. The quantitative estimate of drug-likeness (QED) is 0.707. The lowest BCUT2D eigenvalue weighted by molar-refractivity contribution is -0.0334. The van der Waals surface area contributed by atoms with Crippen LogP contribution >= 0.6 is 0 Å². The molecule has 4 heteroatoms. The highest BCUT2D eigenvalue weighted by Crippen LogP contribution is 2.47. The van der Waals surface area contributed by atoms with Gasteiger partial charge in [0.2, 0.25) is 0 Å². The van der Waals surface area contributed by atoms with Crippen LogP contribution in [0.25, 0.3) is 0 Å². The minimum absolute atomic E-state index is 0.0500. The molecule has 1 unspecified atom stereocenters. The van der Waals surface area contributed by atoms with Crippen molar-refractivity contribution in [3.05, 3.63) is 70.8 Å². The van der Waals surface area contributed by atoms with Crippen molar-refractivity contribution >= 4 is 12.3 Å². The zero-order chi connectivity index (χ0) is 21.4. The highest BCUT2D eigenvalue weighted by atomic mass is 16.4. The first-order chi connectivity index (χ1) is 13.5. The van der Waals surface area contributed by atoms with Gasteiger partial charge >= 0.3 is 5.97 Å². The average Bonchev–Trinajstić information content (AvgIpc) is 2.67. The Morgan fingerprint density at radius 1 is 0.966 bits per heavy atom. The second-order valence-electron chi connectivity index (χ2n) is 9.54. The molecule has 1 saturated heterocycles. The number of carbonyl (C=O) groups is 2. The number of carboxylic acid groups (broad SMARTS) is 1. The number of hydrogen-bond donors (Lipinski definition) is 1. The average molecular weight is 394 g/mol. The zero-order valence-electron chi connectivity index (χ0n) is 18.0.